The lowest BCUT2D eigenvalue weighted by molar-refractivity contribution is -0.309. The fourth-order valence-corrected chi connectivity index (χ4v) is 9.78. The Bertz CT molecular complexity index is 1870. The minimum absolute atomic E-state index is 0.000574. The molecule has 68 heavy (non-hydrogen) atoms. The van der Waals surface area contributed by atoms with E-state index in [-0.39, 0.29) is 61.1 Å². The number of allylic oxidation sites excluding steroid dienone is 7. The van der Waals surface area contributed by atoms with Crippen LogP contribution in [0.5, 0.6) is 0 Å². The fourth-order valence-electron chi connectivity index (χ4n) is 9.78. The first-order valence-electron chi connectivity index (χ1n) is 24.7. The number of ether oxygens (including phenoxy) is 7. The molecule has 4 fully saturated rings. The Morgan fingerprint density at radius 1 is 0.706 bits per heavy atom. The Hall–Kier alpha value is -3.58. The second-order valence-electron chi connectivity index (χ2n) is 19.4. The second-order valence-corrected chi connectivity index (χ2v) is 19.4. The van der Waals surface area contributed by atoms with Gasteiger partial charge in [-0.15, -0.1) is 0 Å². The zero-order chi connectivity index (χ0) is 48.9. The number of aliphatic hydroxyl groups is 5. The van der Waals surface area contributed by atoms with Crippen LogP contribution < -0.4 is 0 Å². The molecule has 4 saturated heterocycles. The van der Waals surface area contributed by atoms with Crippen LogP contribution in [0, 0.1) is 17.8 Å². The largest absolute Gasteiger partial charge is 0.481 e. The van der Waals surface area contributed by atoms with Gasteiger partial charge in [-0.3, -0.25) is 4.79 Å². The maximum Gasteiger partial charge on any atom is 0.331 e. The summed E-state index contributed by atoms with van der Waals surface area (Å²) < 4.78 is 43.9. The molecule has 0 aromatic heterocycles. The van der Waals surface area contributed by atoms with Crippen LogP contribution in [0.25, 0.3) is 0 Å². The summed E-state index contributed by atoms with van der Waals surface area (Å²) >= 11 is 0. The minimum Gasteiger partial charge on any atom is -0.481 e. The summed E-state index contributed by atoms with van der Waals surface area (Å²) in [6, 6.07) is 0. The number of carboxylic acids is 1. The van der Waals surface area contributed by atoms with Gasteiger partial charge in [-0.05, 0) is 69.9 Å². The van der Waals surface area contributed by atoms with E-state index in [0.717, 1.165) is 24.8 Å². The number of carbonyl (C=O) groups is 2. The number of esters is 1. The van der Waals surface area contributed by atoms with Crippen molar-refractivity contribution in [1.82, 2.24) is 0 Å². The van der Waals surface area contributed by atoms with Crippen molar-refractivity contribution < 1.29 is 73.4 Å². The van der Waals surface area contributed by atoms with Crippen molar-refractivity contribution in [2.45, 2.75) is 203 Å². The number of carboxylic acid groups (broad SMARTS) is 1. The quantitative estimate of drug-likeness (QED) is 0.0935. The maximum atomic E-state index is 13.1. The molecule has 378 valence electrons. The van der Waals surface area contributed by atoms with Gasteiger partial charge in [0.25, 0.3) is 0 Å². The molecule has 7 bridgehead atoms. The molecule has 0 aromatic rings. The molecule has 7 rings (SSSR count). The van der Waals surface area contributed by atoms with Crippen molar-refractivity contribution in [1.29, 1.82) is 0 Å². The van der Waals surface area contributed by atoms with Crippen molar-refractivity contribution in [2.24, 2.45) is 17.8 Å². The van der Waals surface area contributed by atoms with Crippen molar-refractivity contribution in [3.63, 3.8) is 0 Å². The molecule has 0 radical (unpaired) electrons. The van der Waals surface area contributed by atoms with Crippen molar-refractivity contribution in [3.8, 4) is 0 Å². The molecule has 7 aliphatic heterocycles. The molecule has 0 aromatic carbocycles. The normalized spacial score (nSPS) is 44.2. The molecule has 7 aliphatic rings. The van der Waals surface area contributed by atoms with Crippen molar-refractivity contribution in [3.05, 3.63) is 96.7 Å². The van der Waals surface area contributed by atoms with Crippen LogP contribution in [0.1, 0.15) is 98.8 Å². The van der Waals surface area contributed by atoms with Crippen LogP contribution in [0.15, 0.2) is 96.7 Å². The van der Waals surface area contributed by atoms with Crippen LogP contribution in [0.3, 0.4) is 0 Å². The molecule has 0 amide bonds. The number of aliphatic carboxylic acids is 1. The van der Waals surface area contributed by atoms with Gasteiger partial charge in [0.05, 0.1) is 48.8 Å². The van der Waals surface area contributed by atoms with Crippen LogP contribution in [-0.4, -0.2) is 147 Å². The third kappa shape index (κ3) is 15.0. The first-order valence-corrected chi connectivity index (χ1v) is 24.7. The summed E-state index contributed by atoms with van der Waals surface area (Å²) in [6.45, 7) is 9.62. The second kappa shape index (κ2) is 26.0. The topological polar surface area (TPSA) is 220 Å². The Balaban J connectivity index is 1.21. The van der Waals surface area contributed by atoms with E-state index in [2.05, 4.69) is 19.9 Å². The fraction of sp³-hybridized carbons (Fsp3) is 0.660. The molecule has 15 nitrogen and oxygen atoms in total. The minimum atomic E-state index is -1.59. The predicted octanol–water partition coefficient (Wildman–Crippen LogP) is 5.65. The highest BCUT2D eigenvalue weighted by Gasteiger charge is 2.47. The van der Waals surface area contributed by atoms with Gasteiger partial charge in [-0.1, -0.05) is 106 Å². The highest BCUT2D eigenvalue weighted by atomic mass is 16.7. The van der Waals surface area contributed by atoms with Gasteiger partial charge in [-0.25, -0.2) is 4.79 Å². The molecule has 6 N–H and O–H groups in total. The summed E-state index contributed by atoms with van der Waals surface area (Å²) in [5.41, 5.74) is 0.912. The number of hydrogen-bond acceptors (Lipinski definition) is 14. The lowest BCUT2D eigenvalue weighted by atomic mass is 9.85. The first kappa shape index (κ1) is 53.8. The monoisotopic (exact) mass is 953 g/mol. The van der Waals surface area contributed by atoms with Gasteiger partial charge in [0.15, 0.2) is 12.4 Å². The third-order valence-corrected chi connectivity index (χ3v) is 14.0. The van der Waals surface area contributed by atoms with E-state index in [1.165, 1.54) is 6.08 Å². The molecule has 0 saturated carbocycles. The Labute approximate surface area is 401 Å². The standard InChI is InChI=1S/C53H76O15/c1-31(18-15-16-24-46(55)56)28-32(2)52-42-27-26-36(63-52)19-11-7-6-8-13-21-41(68-53-51(61)50(60)48(58)35(5)62-53)49(59)45-29-37(54)33(3)38(65-45)22-17-23-39-34(4)43-30-44(64-39)40(66-43)20-12-9-10-14-25-47(57)67-42/h7,9-14,17,20-21,23,25-28,31,33-45,48-54,58-61H,6,8,15-16,18-19,22,24,29-30H2,1-5H3,(H,55,56)/b10-9+,11-7+,20-12+,21-13+,23-17+,25-14+,32-28+/t31-,33?,34?,35?,36+,37+,38?,39+,40?,41+,42?,43?,44?,45?,48?,49+,50?,51?,52-,53?/m1/s1. The van der Waals surface area contributed by atoms with Crippen molar-refractivity contribution in [2.75, 3.05) is 0 Å². The third-order valence-electron chi connectivity index (χ3n) is 14.0. The SMILES string of the molecule is C/C(=C\[C@H](C)CCCCC(=O)O)[C@H]1O[C@@H]2C=CC1OC(=O)/C=C/C=C/C=C/C1OC3CC1O[C@@H](/C=C/CC1OC(C[C@H](O)C1C)[C@@H](O)[C@@H](OC1OC(C)C(O)C(O)C1O)/C=C/CC/C=C/C2)C3C. The summed E-state index contributed by atoms with van der Waals surface area (Å²) in [4.78, 5) is 24.1. The van der Waals surface area contributed by atoms with Gasteiger partial charge in [-0.2, -0.15) is 0 Å². The first-order chi connectivity index (χ1) is 32.6. The van der Waals surface area contributed by atoms with E-state index in [9.17, 15) is 35.1 Å². The molecule has 13 unspecified atom stereocenters. The summed E-state index contributed by atoms with van der Waals surface area (Å²) in [5, 5.41) is 63.9. The smallest absolute Gasteiger partial charge is 0.331 e. The highest BCUT2D eigenvalue weighted by Crippen LogP contribution is 2.39. The lowest BCUT2D eigenvalue weighted by Gasteiger charge is -2.43. The number of carbonyl (C=O) groups excluding carboxylic acids is 1. The van der Waals surface area contributed by atoms with E-state index in [0.29, 0.717) is 32.1 Å². The summed E-state index contributed by atoms with van der Waals surface area (Å²) in [5.74, 6) is -1.32. The van der Waals surface area contributed by atoms with Crippen molar-refractivity contribution >= 4 is 11.9 Å². The summed E-state index contributed by atoms with van der Waals surface area (Å²) in [7, 11) is 0. The summed E-state index contributed by atoms with van der Waals surface area (Å²) in [6.07, 6.45) is 20.1. The predicted molar refractivity (Wildman–Crippen MR) is 253 cm³/mol. The highest BCUT2D eigenvalue weighted by molar-refractivity contribution is 5.82. The molecular formula is C53H76O15. The van der Waals surface area contributed by atoms with Crippen LogP contribution >= 0.6 is 0 Å². The average molecular weight is 953 g/mol. The van der Waals surface area contributed by atoms with Crippen LogP contribution in [0.4, 0.5) is 0 Å². The number of unbranched alkanes of at least 4 members (excludes halogenated alkanes) is 1. The van der Waals surface area contributed by atoms with Crippen LogP contribution in [-0.2, 0) is 42.7 Å². The van der Waals surface area contributed by atoms with Gasteiger partial charge < -0.3 is 63.8 Å². The average Bonchev–Trinajstić information content (AvgIpc) is 3.66. The van der Waals surface area contributed by atoms with E-state index < -0.39 is 85.4 Å². The zero-order valence-corrected chi connectivity index (χ0v) is 40.1. The molecule has 0 aliphatic carbocycles. The van der Waals surface area contributed by atoms with Gasteiger partial charge in [0.1, 0.15) is 42.7 Å². The van der Waals surface area contributed by atoms with Gasteiger partial charge in [0, 0.05) is 37.2 Å². The molecular weight excluding hydrogens is 877 g/mol. The Kier molecular flexibility index (Phi) is 20.6. The van der Waals surface area contributed by atoms with E-state index >= 15 is 0 Å². The van der Waals surface area contributed by atoms with E-state index in [1.54, 1.807) is 25.2 Å². The number of aliphatic hydroxyl groups excluding tert-OH is 5. The maximum absolute atomic E-state index is 13.1. The molecule has 20 atom stereocenters. The zero-order valence-electron chi connectivity index (χ0n) is 40.1. The van der Waals surface area contributed by atoms with Gasteiger partial charge >= 0.3 is 11.9 Å². The van der Waals surface area contributed by atoms with Crippen LogP contribution in [0.2, 0.25) is 0 Å². The molecule has 0 spiro atoms. The Morgan fingerprint density at radius 2 is 1.47 bits per heavy atom. The number of hydrogen-bond donors (Lipinski definition) is 6. The van der Waals surface area contributed by atoms with E-state index in [1.807, 2.05) is 74.6 Å². The van der Waals surface area contributed by atoms with E-state index in [4.69, 9.17) is 38.3 Å². The molecule has 15 heteroatoms. The lowest BCUT2D eigenvalue weighted by Crippen LogP contribution is -2.59. The Morgan fingerprint density at radius 3 is 2.26 bits per heavy atom. The number of rotatable bonds is 9. The van der Waals surface area contributed by atoms with Gasteiger partial charge in [0.2, 0.25) is 0 Å². The molecule has 7 heterocycles. The number of fused-ring (bicyclic) bond motifs is 13.